The van der Waals surface area contributed by atoms with Crippen LogP contribution < -0.4 is 5.73 Å². The second-order valence-corrected chi connectivity index (χ2v) is 5.07. The van der Waals surface area contributed by atoms with E-state index in [1.165, 1.54) is 24.1 Å². The molecule has 3 rings (SSSR count). The van der Waals surface area contributed by atoms with Crippen LogP contribution in [0.2, 0.25) is 0 Å². The summed E-state index contributed by atoms with van der Waals surface area (Å²) < 4.78 is 21.1. The van der Waals surface area contributed by atoms with E-state index in [0.717, 1.165) is 0 Å². The van der Waals surface area contributed by atoms with Crippen molar-refractivity contribution in [3.8, 4) is 12.3 Å². The summed E-state index contributed by atoms with van der Waals surface area (Å²) in [4.78, 5) is 11.8. The summed E-state index contributed by atoms with van der Waals surface area (Å²) in [5, 5.41) is 20.6. The van der Waals surface area contributed by atoms with Crippen molar-refractivity contribution in [2.45, 2.75) is 37.1 Å². The lowest BCUT2D eigenvalue weighted by Gasteiger charge is -2.26. The third-order valence-electron chi connectivity index (χ3n) is 3.86. The van der Waals surface area contributed by atoms with Gasteiger partial charge in [0.05, 0.1) is 6.33 Å². The van der Waals surface area contributed by atoms with Gasteiger partial charge in [-0.1, -0.05) is 12.8 Å². The van der Waals surface area contributed by atoms with Crippen LogP contribution in [0.5, 0.6) is 0 Å². The van der Waals surface area contributed by atoms with Crippen LogP contribution >= 0.6 is 0 Å². The summed E-state index contributed by atoms with van der Waals surface area (Å²) in [5.74, 6) is -0.352. The summed E-state index contributed by atoms with van der Waals surface area (Å²) in [5.41, 5.74) is 3.87. The quantitative estimate of drug-likeness (QED) is 0.654. The van der Waals surface area contributed by atoms with Crippen molar-refractivity contribution in [1.82, 2.24) is 19.5 Å². The molecule has 1 fully saturated rings. The van der Waals surface area contributed by atoms with E-state index in [4.69, 9.17) is 16.9 Å². The number of anilines is 1. The minimum Gasteiger partial charge on any atom is -0.383 e. The number of halogens is 1. The van der Waals surface area contributed by atoms with Crippen molar-refractivity contribution < 1.29 is 19.3 Å². The number of terminal acetylenes is 1. The zero-order chi connectivity index (χ0) is 16.1. The van der Waals surface area contributed by atoms with Gasteiger partial charge in [0.25, 0.3) is 0 Å². The number of nitrogens with two attached hydrogens (primary N) is 1. The fourth-order valence-corrected chi connectivity index (χ4v) is 2.54. The van der Waals surface area contributed by atoms with Gasteiger partial charge in [0.1, 0.15) is 11.8 Å². The number of aromatic nitrogens is 4. The Bertz CT molecular complexity index is 775. The number of aliphatic hydroxyl groups is 2. The lowest BCUT2D eigenvalue weighted by atomic mass is 9.92. The number of hydrogen-bond donors (Lipinski definition) is 3. The Hall–Kier alpha value is -2.28. The molecule has 0 radical (unpaired) electrons. The highest BCUT2D eigenvalue weighted by atomic mass is 19.2. The highest BCUT2D eigenvalue weighted by Gasteiger charge is 2.64. The number of alkyl halides is 1. The maximum atomic E-state index is 14.6. The summed E-state index contributed by atoms with van der Waals surface area (Å²) >= 11 is 0. The third kappa shape index (κ3) is 1.72. The van der Waals surface area contributed by atoms with Crippen molar-refractivity contribution in [2.24, 2.45) is 0 Å². The zero-order valence-electron chi connectivity index (χ0n) is 11.6. The Kier molecular flexibility index (Phi) is 3.07. The second kappa shape index (κ2) is 4.61. The summed E-state index contributed by atoms with van der Waals surface area (Å²) in [6, 6.07) is 0. The topological polar surface area (TPSA) is 119 Å². The van der Waals surface area contributed by atoms with Crippen LogP contribution in [0.1, 0.15) is 19.6 Å². The number of imidazole rings is 1. The van der Waals surface area contributed by atoms with E-state index in [-0.39, 0.29) is 23.4 Å². The number of ether oxygens (including phenoxy) is 1. The van der Waals surface area contributed by atoms with Crippen molar-refractivity contribution in [2.75, 3.05) is 5.73 Å². The van der Waals surface area contributed by atoms with E-state index in [1.54, 1.807) is 0 Å². The molecule has 0 spiro atoms. The second-order valence-electron chi connectivity index (χ2n) is 5.07. The molecule has 9 heteroatoms. The first kappa shape index (κ1) is 14.6. The van der Waals surface area contributed by atoms with Gasteiger partial charge in [0.2, 0.25) is 11.5 Å². The van der Waals surface area contributed by atoms with Crippen LogP contribution in [0.3, 0.4) is 0 Å². The number of nitrogen functional groups attached to an aromatic ring is 1. The van der Waals surface area contributed by atoms with Gasteiger partial charge >= 0.3 is 0 Å². The Morgan fingerprint density at radius 1 is 1.55 bits per heavy atom. The molecule has 22 heavy (non-hydrogen) atoms. The van der Waals surface area contributed by atoms with Gasteiger partial charge in [-0.3, -0.25) is 4.57 Å². The monoisotopic (exact) mass is 307 g/mol. The average molecular weight is 307 g/mol. The van der Waals surface area contributed by atoms with Crippen molar-refractivity contribution in [3.63, 3.8) is 0 Å². The maximum Gasteiger partial charge on any atom is 0.241 e. The fourth-order valence-electron chi connectivity index (χ4n) is 2.54. The van der Waals surface area contributed by atoms with E-state index >= 15 is 0 Å². The van der Waals surface area contributed by atoms with Crippen molar-refractivity contribution in [3.05, 3.63) is 12.7 Å². The van der Waals surface area contributed by atoms with Gasteiger partial charge < -0.3 is 20.7 Å². The van der Waals surface area contributed by atoms with Gasteiger partial charge in [-0.2, -0.15) is 0 Å². The van der Waals surface area contributed by atoms with Gasteiger partial charge in [0.15, 0.2) is 23.8 Å². The van der Waals surface area contributed by atoms with Gasteiger partial charge in [-0.15, -0.1) is 6.42 Å². The molecular formula is C13H14FN5O3. The minimum absolute atomic E-state index is 0.119. The largest absolute Gasteiger partial charge is 0.383 e. The molecule has 0 saturated carbocycles. The van der Waals surface area contributed by atoms with Gasteiger partial charge in [0, 0.05) is 6.42 Å². The number of hydrogen-bond acceptors (Lipinski definition) is 7. The molecule has 4 N–H and O–H groups in total. The molecule has 0 unspecified atom stereocenters. The summed E-state index contributed by atoms with van der Waals surface area (Å²) in [7, 11) is 0. The lowest BCUT2D eigenvalue weighted by molar-refractivity contribution is -0.187. The fraction of sp³-hybridized carbons (Fsp3) is 0.462. The van der Waals surface area contributed by atoms with Crippen LogP contribution in [-0.4, -0.2) is 47.3 Å². The van der Waals surface area contributed by atoms with Gasteiger partial charge in [-0.25, -0.2) is 19.3 Å². The van der Waals surface area contributed by atoms with Crippen LogP contribution in [0.25, 0.3) is 11.2 Å². The van der Waals surface area contributed by atoms with Crippen LogP contribution in [-0.2, 0) is 4.74 Å². The zero-order valence-corrected chi connectivity index (χ0v) is 11.6. The van der Waals surface area contributed by atoms with E-state index in [0.29, 0.717) is 0 Å². The van der Waals surface area contributed by atoms with E-state index in [2.05, 4.69) is 15.0 Å². The maximum absolute atomic E-state index is 14.6. The first-order valence-corrected chi connectivity index (χ1v) is 6.55. The summed E-state index contributed by atoms with van der Waals surface area (Å²) in [6.07, 6.45) is 4.23. The predicted molar refractivity (Wildman–Crippen MR) is 73.8 cm³/mol. The first-order valence-electron chi connectivity index (χ1n) is 6.55. The molecule has 1 aliphatic heterocycles. The summed E-state index contributed by atoms with van der Waals surface area (Å²) in [6.45, 7) is 1.47. The Balaban J connectivity index is 2.18. The molecule has 1 aliphatic rings. The van der Waals surface area contributed by atoms with Crippen molar-refractivity contribution in [1.29, 1.82) is 0 Å². The van der Waals surface area contributed by atoms with E-state index in [1.807, 2.05) is 5.92 Å². The van der Waals surface area contributed by atoms with Gasteiger partial charge in [-0.05, 0) is 0 Å². The average Bonchev–Trinajstić information content (AvgIpc) is 3.03. The molecule has 0 amide bonds. The molecule has 3 heterocycles. The Labute approximate surface area is 124 Å². The molecule has 4 atom stereocenters. The lowest BCUT2D eigenvalue weighted by Crippen LogP contribution is -2.48. The predicted octanol–water partition coefficient (Wildman–Crippen LogP) is -0.262. The number of rotatable bonds is 2. The molecule has 1 saturated heterocycles. The van der Waals surface area contributed by atoms with Crippen molar-refractivity contribution >= 4 is 17.0 Å². The molecule has 0 bridgehead atoms. The molecule has 116 valence electrons. The third-order valence-corrected chi connectivity index (χ3v) is 3.86. The standard InChI is InChI=1S/C13H14FN5O3/c1-3-12(21)10(20)13(14,4-2)22-11(12)19-6-18-7-8(15)16-5-17-9(7)19/h1,5-6,10-11,20-21H,4H2,2H3,(H2,15,16,17)/t10-,11+,12+,13+/m0/s1. The number of aliphatic hydroxyl groups excluding tert-OH is 1. The Morgan fingerprint density at radius 2 is 2.27 bits per heavy atom. The molecule has 0 aliphatic carbocycles. The SMILES string of the molecule is C#C[C@]1(O)[C@H](n2cnc3c(N)ncnc32)O[C@](F)(CC)[C@H]1O. The highest BCUT2D eigenvalue weighted by Crippen LogP contribution is 2.47. The smallest absolute Gasteiger partial charge is 0.241 e. The number of nitrogens with zero attached hydrogens (tertiary/aromatic N) is 4. The number of fused-ring (bicyclic) bond motifs is 1. The van der Waals surface area contributed by atoms with Crippen LogP contribution in [0.15, 0.2) is 12.7 Å². The normalized spacial score (nSPS) is 34.9. The van der Waals surface area contributed by atoms with E-state index in [9.17, 15) is 14.6 Å². The Morgan fingerprint density at radius 3 is 2.91 bits per heavy atom. The first-order chi connectivity index (χ1) is 10.4. The molecule has 2 aromatic heterocycles. The van der Waals surface area contributed by atoms with Crippen LogP contribution in [0, 0.1) is 12.3 Å². The minimum atomic E-state index is -2.49. The molecule has 2 aromatic rings. The molecule has 8 nitrogen and oxygen atoms in total. The van der Waals surface area contributed by atoms with E-state index < -0.39 is 23.8 Å². The van der Waals surface area contributed by atoms with Crippen LogP contribution in [0.4, 0.5) is 10.2 Å². The molecule has 0 aromatic carbocycles. The highest BCUT2D eigenvalue weighted by molar-refractivity contribution is 5.81. The molecular weight excluding hydrogens is 293 g/mol.